The molecule has 106 valence electrons. The molecule has 8 nitrogen and oxygen atoms in total. The van der Waals surface area contributed by atoms with Crippen molar-refractivity contribution in [3.05, 3.63) is 17.5 Å². The van der Waals surface area contributed by atoms with Gasteiger partial charge in [-0.05, 0) is 6.92 Å². The number of ether oxygens (including phenoxy) is 1. The first-order chi connectivity index (χ1) is 9.04. The minimum absolute atomic E-state index is 0.221. The Hall–Kier alpha value is -2.09. The number of carbonyl (C=O) groups excluding carboxylic acids is 1. The Morgan fingerprint density at radius 1 is 1.58 bits per heavy atom. The number of aryl methyl sites for hydroxylation is 1. The minimum Gasteiger partial charge on any atom is -0.480 e. The van der Waals surface area contributed by atoms with Gasteiger partial charge in [0.05, 0.1) is 12.8 Å². The van der Waals surface area contributed by atoms with Crippen LogP contribution in [0.2, 0.25) is 0 Å². The highest BCUT2D eigenvalue weighted by Crippen LogP contribution is 2.02. The number of aromatic nitrogens is 2. The summed E-state index contributed by atoms with van der Waals surface area (Å²) in [7, 11) is 1.49. The average molecular weight is 270 g/mol. The van der Waals surface area contributed by atoms with Gasteiger partial charge in [0.25, 0.3) is 0 Å². The lowest BCUT2D eigenvalue weighted by Crippen LogP contribution is -2.44. The van der Waals surface area contributed by atoms with Gasteiger partial charge in [0.15, 0.2) is 0 Å². The fraction of sp³-hybridized carbons (Fsp3) is 0.545. The van der Waals surface area contributed by atoms with Crippen LogP contribution < -0.4 is 5.32 Å². The van der Waals surface area contributed by atoms with Crippen LogP contribution in [0, 0.1) is 6.92 Å². The third-order valence-electron chi connectivity index (χ3n) is 2.54. The maximum absolute atomic E-state index is 11.9. The van der Waals surface area contributed by atoms with Gasteiger partial charge >= 0.3 is 12.0 Å². The fourth-order valence-electron chi connectivity index (χ4n) is 1.45. The van der Waals surface area contributed by atoms with Gasteiger partial charge in [-0.1, -0.05) is 0 Å². The van der Waals surface area contributed by atoms with Crippen LogP contribution in [0.4, 0.5) is 4.79 Å². The lowest BCUT2D eigenvalue weighted by molar-refractivity contribution is -0.137. The molecule has 0 radical (unpaired) electrons. The first kappa shape index (κ1) is 15.0. The van der Waals surface area contributed by atoms with Crippen molar-refractivity contribution in [2.45, 2.75) is 13.5 Å². The molecule has 0 aromatic carbocycles. The van der Waals surface area contributed by atoms with Crippen LogP contribution in [0.25, 0.3) is 0 Å². The van der Waals surface area contributed by atoms with E-state index in [1.807, 2.05) is 6.92 Å². The molecule has 0 fully saturated rings. The molecule has 8 heteroatoms. The summed E-state index contributed by atoms with van der Waals surface area (Å²) in [6.45, 7) is 2.28. The summed E-state index contributed by atoms with van der Waals surface area (Å²) in [6.07, 6.45) is 1.62. The van der Waals surface area contributed by atoms with Gasteiger partial charge in [0.1, 0.15) is 6.54 Å². The second-order valence-electron chi connectivity index (χ2n) is 3.99. The smallest absolute Gasteiger partial charge is 0.323 e. The number of carboxylic acids is 1. The Balaban J connectivity index is 2.51. The summed E-state index contributed by atoms with van der Waals surface area (Å²) in [5, 5.41) is 18.0. The standard InChI is InChI=1S/C11H18N4O4/c1-8-9(6-13-14-8)5-12-11(18)15(3-4-19-2)7-10(16)17/h6H,3-5,7H2,1-2H3,(H,12,18)(H,13,14)(H,16,17). The summed E-state index contributed by atoms with van der Waals surface area (Å²) in [5.74, 6) is -1.06. The van der Waals surface area contributed by atoms with Gasteiger partial charge in [-0.15, -0.1) is 0 Å². The number of H-pyrrole nitrogens is 1. The van der Waals surface area contributed by atoms with Gasteiger partial charge in [-0.3, -0.25) is 9.89 Å². The van der Waals surface area contributed by atoms with Crippen LogP contribution in [0.15, 0.2) is 6.20 Å². The molecular formula is C11H18N4O4. The molecule has 0 spiro atoms. The van der Waals surface area contributed by atoms with E-state index in [0.717, 1.165) is 11.3 Å². The van der Waals surface area contributed by atoms with E-state index in [1.165, 1.54) is 12.0 Å². The van der Waals surface area contributed by atoms with Gasteiger partial charge in [0, 0.05) is 31.5 Å². The second-order valence-corrected chi connectivity index (χ2v) is 3.99. The Kier molecular flexibility index (Phi) is 5.80. The molecule has 2 amide bonds. The summed E-state index contributed by atoms with van der Waals surface area (Å²) in [4.78, 5) is 23.7. The van der Waals surface area contributed by atoms with E-state index in [4.69, 9.17) is 9.84 Å². The van der Waals surface area contributed by atoms with E-state index in [1.54, 1.807) is 6.20 Å². The zero-order valence-electron chi connectivity index (χ0n) is 11.0. The number of aromatic amines is 1. The predicted octanol–water partition coefficient (Wildman–Crippen LogP) is -0.0393. The molecule has 0 saturated heterocycles. The number of carboxylic acid groups (broad SMARTS) is 1. The maximum Gasteiger partial charge on any atom is 0.323 e. The zero-order valence-corrected chi connectivity index (χ0v) is 11.0. The van der Waals surface area contributed by atoms with Crippen molar-refractivity contribution in [1.29, 1.82) is 0 Å². The number of methoxy groups -OCH3 is 1. The zero-order chi connectivity index (χ0) is 14.3. The van der Waals surface area contributed by atoms with Gasteiger partial charge in [-0.2, -0.15) is 5.10 Å². The topological polar surface area (TPSA) is 108 Å². The quantitative estimate of drug-likeness (QED) is 0.644. The molecule has 1 aromatic heterocycles. The molecular weight excluding hydrogens is 252 g/mol. The monoisotopic (exact) mass is 270 g/mol. The fourth-order valence-corrected chi connectivity index (χ4v) is 1.45. The number of hydrogen-bond acceptors (Lipinski definition) is 4. The van der Waals surface area contributed by atoms with E-state index >= 15 is 0 Å². The summed E-state index contributed by atoms with van der Waals surface area (Å²) < 4.78 is 4.84. The third kappa shape index (κ3) is 4.96. The van der Waals surface area contributed by atoms with Crippen LogP contribution in [0.3, 0.4) is 0 Å². The van der Waals surface area contributed by atoms with Crippen LogP contribution in [0.5, 0.6) is 0 Å². The average Bonchev–Trinajstić information content (AvgIpc) is 2.76. The van der Waals surface area contributed by atoms with E-state index in [2.05, 4.69) is 15.5 Å². The molecule has 3 N–H and O–H groups in total. The number of amides is 2. The summed E-state index contributed by atoms with van der Waals surface area (Å²) in [6, 6.07) is -0.444. The molecule has 1 rings (SSSR count). The number of carbonyl (C=O) groups is 2. The summed E-state index contributed by atoms with van der Waals surface area (Å²) >= 11 is 0. The molecule has 1 aromatic rings. The van der Waals surface area contributed by atoms with E-state index in [9.17, 15) is 9.59 Å². The Morgan fingerprint density at radius 3 is 2.84 bits per heavy atom. The second kappa shape index (κ2) is 7.37. The molecule has 0 atom stereocenters. The summed E-state index contributed by atoms with van der Waals surface area (Å²) in [5.41, 5.74) is 1.72. The lowest BCUT2D eigenvalue weighted by atomic mass is 10.3. The van der Waals surface area contributed by atoms with Crippen LogP contribution in [-0.2, 0) is 16.1 Å². The van der Waals surface area contributed by atoms with E-state index in [-0.39, 0.29) is 19.7 Å². The Morgan fingerprint density at radius 2 is 2.32 bits per heavy atom. The molecule has 1 heterocycles. The molecule has 19 heavy (non-hydrogen) atoms. The van der Waals surface area contributed by atoms with Gasteiger partial charge in [-0.25, -0.2) is 4.79 Å². The van der Waals surface area contributed by atoms with Gasteiger partial charge in [0.2, 0.25) is 0 Å². The predicted molar refractivity (Wildman–Crippen MR) is 66.6 cm³/mol. The maximum atomic E-state index is 11.9. The number of nitrogens with one attached hydrogen (secondary N) is 2. The molecule has 0 aliphatic heterocycles. The van der Waals surface area contributed by atoms with Gasteiger partial charge < -0.3 is 20.1 Å². The van der Waals surface area contributed by atoms with Crippen LogP contribution >= 0.6 is 0 Å². The number of hydrogen-bond donors (Lipinski definition) is 3. The number of urea groups is 1. The Labute approximate surface area is 110 Å². The molecule has 0 saturated carbocycles. The van der Waals surface area contributed by atoms with Crippen molar-refractivity contribution in [3.63, 3.8) is 0 Å². The Bertz CT molecular complexity index is 432. The van der Waals surface area contributed by atoms with E-state index < -0.39 is 12.0 Å². The number of aliphatic carboxylic acids is 1. The molecule has 0 aliphatic rings. The van der Waals surface area contributed by atoms with Crippen molar-refractivity contribution < 1.29 is 19.4 Å². The molecule has 0 unspecified atom stereocenters. The van der Waals surface area contributed by atoms with Crippen molar-refractivity contribution in [3.8, 4) is 0 Å². The first-order valence-electron chi connectivity index (χ1n) is 5.77. The highest BCUT2D eigenvalue weighted by molar-refractivity contribution is 5.80. The largest absolute Gasteiger partial charge is 0.480 e. The van der Waals surface area contributed by atoms with Crippen molar-refractivity contribution >= 4 is 12.0 Å². The highest BCUT2D eigenvalue weighted by atomic mass is 16.5. The minimum atomic E-state index is -1.06. The molecule has 0 aliphatic carbocycles. The van der Waals surface area contributed by atoms with Crippen LogP contribution in [-0.4, -0.2) is 59.0 Å². The van der Waals surface area contributed by atoms with Crippen molar-refractivity contribution in [1.82, 2.24) is 20.4 Å². The third-order valence-corrected chi connectivity index (χ3v) is 2.54. The normalized spacial score (nSPS) is 10.2. The lowest BCUT2D eigenvalue weighted by Gasteiger charge is -2.20. The van der Waals surface area contributed by atoms with Crippen molar-refractivity contribution in [2.75, 3.05) is 26.8 Å². The molecule has 0 bridgehead atoms. The highest BCUT2D eigenvalue weighted by Gasteiger charge is 2.16. The number of rotatable bonds is 7. The SMILES string of the molecule is COCCN(CC(=O)O)C(=O)NCc1cn[nH]c1C. The van der Waals surface area contributed by atoms with Crippen molar-refractivity contribution in [2.24, 2.45) is 0 Å². The first-order valence-corrected chi connectivity index (χ1v) is 5.77. The van der Waals surface area contributed by atoms with E-state index in [0.29, 0.717) is 6.54 Å². The van der Waals surface area contributed by atoms with Crippen LogP contribution in [0.1, 0.15) is 11.3 Å². The number of nitrogens with zero attached hydrogens (tertiary/aromatic N) is 2.